The highest BCUT2D eigenvalue weighted by molar-refractivity contribution is 6.22. The van der Waals surface area contributed by atoms with Crippen LogP contribution in [0.15, 0.2) is 11.3 Å². The van der Waals surface area contributed by atoms with Gasteiger partial charge < -0.3 is 16.2 Å². The summed E-state index contributed by atoms with van der Waals surface area (Å²) in [4.78, 5) is 35.6. The molecule has 0 amide bonds. The molecule has 24 heavy (non-hydrogen) atoms. The number of allylic oxidation sites excluding steroid dienone is 2. The molecule has 0 spiro atoms. The summed E-state index contributed by atoms with van der Waals surface area (Å²) in [6.07, 6.45) is 2.29. The Labute approximate surface area is 143 Å². The van der Waals surface area contributed by atoms with Crippen LogP contribution in [0.3, 0.4) is 0 Å². The van der Waals surface area contributed by atoms with Crippen molar-refractivity contribution in [3.63, 3.8) is 0 Å². The summed E-state index contributed by atoms with van der Waals surface area (Å²) in [6.45, 7) is 8.43. The Hall–Kier alpha value is -1.69. The molecule has 6 nitrogen and oxygen atoms in total. The Balaban J connectivity index is 2.82. The van der Waals surface area contributed by atoms with E-state index in [0.717, 1.165) is 0 Å². The minimum absolute atomic E-state index is 0.0957. The second-order valence-corrected chi connectivity index (χ2v) is 7.83. The van der Waals surface area contributed by atoms with Gasteiger partial charge in [0.05, 0.1) is 5.57 Å². The lowest BCUT2D eigenvalue weighted by Gasteiger charge is -2.30. The smallest absolute Gasteiger partial charge is 0.320 e. The number of aliphatic carboxylic acids is 1. The first-order chi connectivity index (χ1) is 11.0. The average Bonchev–Trinajstić information content (AvgIpc) is 2.39. The van der Waals surface area contributed by atoms with Gasteiger partial charge in [-0.2, -0.15) is 0 Å². The van der Waals surface area contributed by atoms with Crippen LogP contribution < -0.4 is 11.1 Å². The molecule has 1 aliphatic carbocycles. The molecule has 0 aliphatic heterocycles. The number of rotatable bonds is 8. The molecule has 0 unspecified atom stereocenters. The van der Waals surface area contributed by atoms with E-state index >= 15 is 0 Å². The Morgan fingerprint density at radius 2 is 1.79 bits per heavy atom. The van der Waals surface area contributed by atoms with E-state index in [9.17, 15) is 14.4 Å². The van der Waals surface area contributed by atoms with Crippen LogP contribution in [0.2, 0.25) is 0 Å². The summed E-state index contributed by atoms with van der Waals surface area (Å²) in [5, 5.41) is 12.0. The van der Waals surface area contributed by atoms with Crippen molar-refractivity contribution < 1.29 is 19.5 Å². The summed E-state index contributed by atoms with van der Waals surface area (Å²) in [7, 11) is 0. The normalized spacial score (nSPS) is 18.7. The van der Waals surface area contributed by atoms with E-state index in [-0.39, 0.29) is 17.0 Å². The fourth-order valence-electron chi connectivity index (χ4n) is 2.96. The van der Waals surface area contributed by atoms with Gasteiger partial charge in [0.15, 0.2) is 11.6 Å². The van der Waals surface area contributed by atoms with E-state index in [0.29, 0.717) is 55.8 Å². The molecule has 0 aromatic carbocycles. The quantitative estimate of drug-likeness (QED) is 0.355. The minimum atomic E-state index is -1.02. The zero-order valence-electron chi connectivity index (χ0n) is 15.1. The van der Waals surface area contributed by atoms with Crippen molar-refractivity contribution in [2.24, 2.45) is 17.1 Å². The van der Waals surface area contributed by atoms with Crippen LogP contribution in [0, 0.1) is 11.3 Å². The van der Waals surface area contributed by atoms with Gasteiger partial charge in [0, 0.05) is 25.1 Å². The van der Waals surface area contributed by atoms with Gasteiger partial charge in [-0.1, -0.05) is 27.7 Å². The molecule has 1 atom stereocenters. The fourth-order valence-corrected chi connectivity index (χ4v) is 2.96. The fraction of sp³-hybridized carbons (Fsp3) is 0.722. The van der Waals surface area contributed by atoms with Gasteiger partial charge in [0.2, 0.25) is 0 Å². The van der Waals surface area contributed by atoms with Crippen molar-refractivity contribution >= 4 is 17.5 Å². The van der Waals surface area contributed by atoms with E-state index < -0.39 is 12.0 Å². The maximum Gasteiger partial charge on any atom is 0.320 e. The number of nitrogens with two attached hydrogens (primary N) is 1. The monoisotopic (exact) mass is 338 g/mol. The standard InChI is InChI=1S/C18H30N2O4/c1-11(2)8-13(20-7-5-6-12(19)17(23)24)16-14(21)9-18(3,4)10-15(16)22/h11-12,20H,5-10,19H2,1-4H3,(H,23,24)/t12-/m0/s1. The Bertz CT molecular complexity index is 513. The van der Waals surface area contributed by atoms with Gasteiger partial charge >= 0.3 is 5.97 Å². The minimum Gasteiger partial charge on any atom is -0.480 e. The van der Waals surface area contributed by atoms with Crippen molar-refractivity contribution in [1.82, 2.24) is 5.32 Å². The predicted molar refractivity (Wildman–Crippen MR) is 92.4 cm³/mol. The molecule has 6 heteroatoms. The van der Waals surface area contributed by atoms with E-state index in [4.69, 9.17) is 10.8 Å². The third-order valence-electron chi connectivity index (χ3n) is 4.10. The van der Waals surface area contributed by atoms with Gasteiger partial charge in [-0.3, -0.25) is 14.4 Å². The van der Waals surface area contributed by atoms with Crippen LogP contribution in [-0.4, -0.2) is 35.2 Å². The van der Waals surface area contributed by atoms with Crippen LogP contribution in [0.5, 0.6) is 0 Å². The Kier molecular flexibility index (Phi) is 7.14. The zero-order chi connectivity index (χ0) is 18.5. The van der Waals surface area contributed by atoms with Gasteiger partial charge in [0.1, 0.15) is 6.04 Å². The lowest BCUT2D eigenvalue weighted by Crippen LogP contribution is -2.35. The Morgan fingerprint density at radius 1 is 1.25 bits per heavy atom. The van der Waals surface area contributed by atoms with E-state index in [2.05, 4.69) is 5.32 Å². The molecular formula is C18H30N2O4. The maximum atomic E-state index is 12.5. The molecule has 0 heterocycles. The topological polar surface area (TPSA) is 109 Å². The van der Waals surface area contributed by atoms with E-state index in [1.165, 1.54) is 0 Å². The number of carbonyl (C=O) groups excluding carboxylic acids is 2. The van der Waals surface area contributed by atoms with Crippen molar-refractivity contribution in [2.45, 2.75) is 65.8 Å². The highest BCUT2D eigenvalue weighted by atomic mass is 16.4. The molecule has 0 aromatic heterocycles. The average molecular weight is 338 g/mol. The molecule has 0 saturated heterocycles. The van der Waals surface area contributed by atoms with Gasteiger partial charge in [0.25, 0.3) is 0 Å². The summed E-state index contributed by atoms with van der Waals surface area (Å²) >= 11 is 0. The molecule has 1 aliphatic rings. The lowest BCUT2D eigenvalue weighted by atomic mass is 9.73. The number of carboxylic acids is 1. The van der Waals surface area contributed by atoms with Crippen LogP contribution in [0.1, 0.15) is 59.8 Å². The molecule has 0 bridgehead atoms. The zero-order valence-corrected chi connectivity index (χ0v) is 15.1. The molecule has 1 rings (SSSR count). The van der Waals surface area contributed by atoms with E-state index in [1.807, 2.05) is 27.7 Å². The molecule has 1 saturated carbocycles. The lowest BCUT2D eigenvalue weighted by molar-refractivity contribution is -0.138. The van der Waals surface area contributed by atoms with Crippen molar-refractivity contribution in [3.05, 3.63) is 11.3 Å². The van der Waals surface area contributed by atoms with Crippen LogP contribution in [0.4, 0.5) is 0 Å². The molecule has 1 fully saturated rings. The number of hydrogen-bond donors (Lipinski definition) is 3. The molecule has 0 aromatic rings. The second-order valence-electron chi connectivity index (χ2n) is 7.83. The summed E-state index contributed by atoms with van der Waals surface area (Å²) in [5.41, 5.74) is 6.21. The third kappa shape index (κ3) is 6.07. The van der Waals surface area contributed by atoms with E-state index in [1.54, 1.807) is 0 Å². The predicted octanol–water partition coefficient (Wildman–Crippen LogP) is 2.03. The van der Waals surface area contributed by atoms with Gasteiger partial charge in [-0.05, 0) is 30.6 Å². The number of ketones is 2. The number of Topliss-reactive ketones (excluding diaryl/α,β-unsaturated/α-hetero) is 2. The summed E-state index contributed by atoms with van der Waals surface area (Å²) in [5.74, 6) is -0.907. The highest BCUT2D eigenvalue weighted by Gasteiger charge is 2.37. The number of carbonyl (C=O) groups is 3. The molecule has 136 valence electrons. The van der Waals surface area contributed by atoms with Crippen LogP contribution in [0.25, 0.3) is 0 Å². The van der Waals surface area contributed by atoms with Crippen molar-refractivity contribution in [3.8, 4) is 0 Å². The molecule has 4 N–H and O–H groups in total. The second kappa shape index (κ2) is 8.42. The molecular weight excluding hydrogens is 308 g/mol. The first kappa shape index (κ1) is 20.4. The van der Waals surface area contributed by atoms with Crippen molar-refractivity contribution in [1.29, 1.82) is 0 Å². The summed E-state index contributed by atoms with van der Waals surface area (Å²) in [6, 6.07) is -0.883. The maximum absolute atomic E-state index is 12.5. The number of carboxylic acid groups (broad SMARTS) is 1. The summed E-state index contributed by atoms with van der Waals surface area (Å²) < 4.78 is 0. The number of hydrogen-bond acceptors (Lipinski definition) is 5. The largest absolute Gasteiger partial charge is 0.480 e. The van der Waals surface area contributed by atoms with Gasteiger partial charge in [-0.15, -0.1) is 0 Å². The first-order valence-electron chi connectivity index (χ1n) is 8.55. The van der Waals surface area contributed by atoms with Crippen molar-refractivity contribution in [2.75, 3.05) is 6.54 Å². The Morgan fingerprint density at radius 3 is 2.25 bits per heavy atom. The highest BCUT2D eigenvalue weighted by Crippen LogP contribution is 2.35. The van der Waals surface area contributed by atoms with Gasteiger partial charge in [-0.25, -0.2) is 0 Å². The number of nitrogens with one attached hydrogen (secondary N) is 1. The first-order valence-corrected chi connectivity index (χ1v) is 8.55. The SMILES string of the molecule is CC(C)CC(NCCC[C@H](N)C(=O)O)=C1C(=O)CC(C)(C)CC1=O. The molecule has 0 radical (unpaired) electrons. The third-order valence-corrected chi connectivity index (χ3v) is 4.10. The van der Waals surface area contributed by atoms with Crippen LogP contribution in [-0.2, 0) is 14.4 Å². The van der Waals surface area contributed by atoms with Crippen LogP contribution >= 0.6 is 0 Å².